The minimum absolute atomic E-state index is 0.0499. The number of carbonyl (C=O) groups excluding carboxylic acids is 1. The Hall–Kier alpha value is -3.11. The SMILES string of the molecule is C[C@H](C(=O)N1CCc2ccccc21)n1nc(-c2ccccc2)c2cc(Cl)ccc21. The van der Waals surface area contributed by atoms with Crippen LogP contribution in [0.25, 0.3) is 22.2 Å². The summed E-state index contributed by atoms with van der Waals surface area (Å²) in [5.41, 5.74) is 4.97. The van der Waals surface area contributed by atoms with Gasteiger partial charge in [-0.2, -0.15) is 5.10 Å². The Morgan fingerprint density at radius 1 is 1.03 bits per heavy atom. The van der Waals surface area contributed by atoms with Crippen molar-refractivity contribution in [2.45, 2.75) is 19.4 Å². The first kappa shape index (κ1) is 18.0. The average molecular weight is 402 g/mol. The molecule has 0 saturated carbocycles. The molecule has 3 aromatic carbocycles. The molecule has 5 rings (SSSR count). The van der Waals surface area contributed by atoms with Crippen molar-refractivity contribution >= 4 is 34.1 Å². The van der Waals surface area contributed by atoms with E-state index in [1.807, 2.05) is 83.2 Å². The maximum atomic E-state index is 13.4. The lowest BCUT2D eigenvalue weighted by molar-refractivity contribution is -0.121. The van der Waals surface area contributed by atoms with Crippen LogP contribution in [0.1, 0.15) is 18.5 Å². The molecule has 0 fully saturated rings. The number of carbonyl (C=O) groups is 1. The van der Waals surface area contributed by atoms with Crippen LogP contribution in [-0.2, 0) is 11.2 Å². The fraction of sp³-hybridized carbons (Fsp3) is 0.167. The van der Waals surface area contributed by atoms with Gasteiger partial charge in [0.05, 0.1) is 5.52 Å². The molecular formula is C24H20ClN3O. The second-order valence-electron chi connectivity index (χ2n) is 7.37. The Labute approximate surface area is 174 Å². The first-order chi connectivity index (χ1) is 14.1. The quantitative estimate of drug-likeness (QED) is 0.454. The van der Waals surface area contributed by atoms with Crippen LogP contribution in [0.4, 0.5) is 5.69 Å². The van der Waals surface area contributed by atoms with E-state index >= 15 is 0 Å². The zero-order chi connectivity index (χ0) is 20.0. The van der Waals surface area contributed by atoms with Crippen molar-refractivity contribution in [3.8, 4) is 11.3 Å². The minimum atomic E-state index is -0.428. The number of nitrogens with zero attached hydrogens (tertiary/aromatic N) is 3. The molecule has 1 amide bonds. The van der Waals surface area contributed by atoms with E-state index in [1.165, 1.54) is 5.56 Å². The van der Waals surface area contributed by atoms with Gasteiger partial charge in [-0.05, 0) is 43.2 Å². The van der Waals surface area contributed by atoms with E-state index in [0.29, 0.717) is 11.6 Å². The summed E-state index contributed by atoms with van der Waals surface area (Å²) >= 11 is 6.28. The summed E-state index contributed by atoms with van der Waals surface area (Å²) in [4.78, 5) is 15.3. The van der Waals surface area contributed by atoms with Gasteiger partial charge < -0.3 is 4.90 Å². The van der Waals surface area contributed by atoms with E-state index in [1.54, 1.807) is 0 Å². The summed E-state index contributed by atoms with van der Waals surface area (Å²) in [6, 6.07) is 23.4. The number of hydrogen-bond donors (Lipinski definition) is 0. The van der Waals surface area contributed by atoms with Crippen molar-refractivity contribution in [3.05, 3.63) is 83.4 Å². The van der Waals surface area contributed by atoms with Gasteiger partial charge in [0, 0.05) is 28.2 Å². The zero-order valence-corrected chi connectivity index (χ0v) is 16.8. The van der Waals surface area contributed by atoms with Gasteiger partial charge in [-0.3, -0.25) is 9.48 Å². The highest BCUT2D eigenvalue weighted by Crippen LogP contribution is 2.34. The summed E-state index contributed by atoms with van der Waals surface area (Å²) in [5.74, 6) is 0.0499. The monoisotopic (exact) mass is 401 g/mol. The van der Waals surface area contributed by atoms with E-state index in [0.717, 1.165) is 34.3 Å². The van der Waals surface area contributed by atoms with Crippen LogP contribution in [0.5, 0.6) is 0 Å². The largest absolute Gasteiger partial charge is 0.310 e. The third-order valence-corrected chi connectivity index (χ3v) is 5.83. The third-order valence-electron chi connectivity index (χ3n) is 5.59. The van der Waals surface area contributed by atoms with Crippen LogP contribution in [0.2, 0.25) is 5.02 Å². The lowest BCUT2D eigenvalue weighted by Crippen LogP contribution is -2.35. The summed E-state index contributed by atoms with van der Waals surface area (Å²) in [6.07, 6.45) is 0.888. The van der Waals surface area contributed by atoms with Gasteiger partial charge >= 0.3 is 0 Å². The standard InChI is InChI=1S/C24H20ClN3O/c1-16(24(29)27-14-13-17-7-5-6-10-21(17)27)28-22-12-11-19(25)15-20(22)23(26-28)18-8-3-2-4-9-18/h2-12,15-16H,13-14H2,1H3/t16-/m1/s1. The molecule has 1 atom stereocenters. The van der Waals surface area contributed by atoms with Crippen molar-refractivity contribution in [1.29, 1.82) is 0 Å². The molecule has 2 heterocycles. The Kier molecular flexibility index (Phi) is 4.36. The van der Waals surface area contributed by atoms with Crippen LogP contribution >= 0.6 is 11.6 Å². The van der Waals surface area contributed by atoms with Gasteiger partial charge in [-0.25, -0.2) is 0 Å². The lowest BCUT2D eigenvalue weighted by atomic mass is 10.1. The Morgan fingerprint density at radius 3 is 2.62 bits per heavy atom. The van der Waals surface area contributed by atoms with Crippen LogP contribution in [0, 0.1) is 0 Å². The molecule has 0 spiro atoms. The van der Waals surface area contributed by atoms with Gasteiger partial charge in [0.2, 0.25) is 0 Å². The molecule has 1 aliphatic heterocycles. The van der Waals surface area contributed by atoms with E-state index < -0.39 is 6.04 Å². The van der Waals surface area contributed by atoms with Crippen LogP contribution < -0.4 is 4.90 Å². The number of para-hydroxylation sites is 1. The molecule has 4 aromatic rings. The molecule has 0 N–H and O–H groups in total. The fourth-order valence-electron chi connectivity index (χ4n) is 4.11. The lowest BCUT2D eigenvalue weighted by Gasteiger charge is -2.22. The number of benzene rings is 3. The predicted octanol–water partition coefficient (Wildman–Crippen LogP) is 5.51. The summed E-state index contributed by atoms with van der Waals surface area (Å²) in [7, 11) is 0. The second kappa shape index (κ2) is 7.05. The maximum Gasteiger partial charge on any atom is 0.251 e. The van der Waals surface area contributed by atoms with Crippen molar-refractivity contribution < 1.29 is 4.79 Å². The molecule has 4 nitrogen and oxygen atoms in total. The molecule has 5 heteroatoms. The number of aromatic nitrogens is 2. The summed E-state index contributed by atoms with van der Waals surface area (Å²) in [5, 5.41) is 6.46. The maximum absolute atomic E-state index is 13.4. The van der Waals surface area contributed by atoms with E-state index in [4.69, 9.17) is 16.7 Å². The van der Waals surface area contributed by atoms with Crippen LogP contribution in [-0.4, -0.2) is 22.2 Å². The van der Waals surface area contributed by atoms with Crippen molar-refractivity contribution in [1.82, 2.24) is 9.78 Å². The average Bonchev–Trinajstić information content (AvgIpc) is 3.35. The zero-order valence-electron chi connectivity index (χ0n) is 16.0. The molecule has 0 saturated heterocycles. The molecule has 0 aliphatic carbocycles. The van der Waals surface area contributed by atoms with E-state index in [2.05, 4.69) is 6.07 Å². The molecule has 0 unspecified atom stereocenters. The highest BCUT2D eigenvalue weighted by Gasteiger charge is 2.30. The van der Waals surface area contributed by atoms with Gasteiger partial charge in [0.25, 0.3) is 5.91 Å². The number of rotatable bonds is 3. The second-order valence-corrected chi connectivity index (χ2v) is 7.80. The predicted molar refractivity (Wildman–Crippen MR) is 117 cm³/mol. The van der Waals surface area contributed by atoms with Crippen LogP contribution in [0.15, 0.2) is 72.8 Å². The van der Waals surface area contributed by atoms with Gasteiger partial charge in [-0.1, -0.05) is 60.1 Å². The highest BCUT2D eigenvalue weighted by atomic mass is 35.5. The number of anilines is 1. The molecule has 1 aliphatic rings. The molecule has 1 aromatic heterocycles. The van der Waals surface area contributed by atoms with Gasteiger partial charge in [0.1, 0.15) is 11.7 Å². The third kappa shape index (κ3) is 3.00. The van der Waals surface area contributed by atoms with Gasteiger partial charge in [-0.15, -0.1) is 0 Å². The molecule has 29 heavy (non-hydrogen) atoms. The molecule has 0 bridgehead atoms. The first-order valence-corrected chi connectivity index (χ1v) is 10.1. The highest BCUT2D eigenvalue weighted by molar-refractivity contribution is 6.31. The normalized spacial score (nSPS) is 14.2. The fourth-order valence-corrected chi connectivity index (χ4v) is 4.29. The number of amides is 1. The van der Waals surface area contributed by atoms with Crippen molar-refractivity contribution in [3.63, 3.8) is 0 Å². The van der Waals surface area contributed by atoms with E-state index in [-0.39, 0.29) is 5.91 Å². The number of fused-ring (bicyclic) bond motifs is 2. The Morgan fingerprint density at radius 2 is 1.79 bits per heavy atom. The van der Waals surface area contributed by atoms with Gasteiger partial charge in [0.15, 0.2) is 0 Å². The first-order valence-electron chi connectivity index (χ1n) is 9.76. The van der Waals surface area contributed by atoms with Crippen molar-refractivity contribution in [2.24, 2.45) is 0 Å². The smallest absolute Gasteiger partial charge is 0.251 e. The Balaban J connectivity index is 1.59. The Bertz CT molecular complexity index is 1220. The minimum Gasteiger partial charge on any atom is -0.310 e. The topological polar surface area (TPSA) is 38.1 Å². The summed E-state index contributed by atoms with van der Waals surface area (Å²) in [6.45, 7) is 2.62. The number of halogens is 1. The number of hydrogen-bond acceptors (Lipinski definition) is 2. The molecule has 0 radical (unpaired) electrons. The molecular weight excluding hydrogens is 382 g/mol. The van der Waals surface area contributed by atoms with Crippen molar-refractivity contribution in [2.75, 3.05) is 11.4 Å². The molecule has 144 valence electrons. The van der Waals surface area contributed by atoms with Crippen LogP contribution in [0.3, 0.4) is 0 Å². The summed E-state index contributed by atoms with van der Waals surface area (Å²) < 4.78 is 1.83. The van der Waals surface area contributed by atoms with E-state index in [9.17, 15) is 4.79 Å².